The molecule has 0 amide bonds. The van der Waals surface area contributed by atoms with Crippen molar-refractivity contribution in [3.05, 3.63) is 30.3 Å². The number of hydrogen-bond donors (Lipinski definition) is 2. The number of para-hydroxylation sites is 1. The normalized spacial score (nSPS) is 10.3. The van der Waals surface area contributed by atoms with Gasteiger partial charge in [-0.1, -0.05) is 18.2 Å². The van der Waals surface area contributed by atoms with Crippen LogP contribution in [0, 0.1) is 6.07 Å². The molecule has 0 saturated heterocycles. The summed E-state index contributed by atoms with van der Waals surface area (Å²) in [6, 6.07) is 9.73. The molecule has 0 aliphatic rings. The third-order valence-electron chi connectivity index (χ3n) is 1.60. The highest BCUT2D eigenvalue weighted by Gasteiger charge is 2.02. The zero-order chi connectivity index (χ0) is 8.55. The van der Waals surface area contributed by atoms with E-state index in [0.29, 0.717) is 10.9 Å². The fourth-order valence-electron chi connectivity index (χ4n) is 1.03. The van der Waals surface area contributed by atoms with Gasteiger partial charge < -0.3 is 10.2 Å². The second kappa shape index (κ2) is 2.37. The highest BCUT2D eigenvalue weighted by atomic mass is 16.3. The summed E-state index contributed by atoms with van der Waals surface area (Å²) in [6.07, 6.45) is 0. The van der Waals surface area contributed by atoms with Gasteiger partial charge in [0.1, 0.15) is 0 Å². The summed E-state index contributed by atoms with van der Waals surface area (Å²) in [4.78, 5) is 3.75. The largest absolute Gasteiger partial charge is 0.503 e. The molecule has 1 heterocycles. The molecular weight excluding hydrogens is 154 g/mol. The first kappa shape index (κ1) is 6.91. The van der Waals surface area contributed by atoms with Gasteiger partial charge in [0.25, 0.3) is 5.88 Å². The van der Waals surface area contributed by atoms with E-state index in [4.69, 9.17) is 10.2 Å². The summed E-state index contributed by atoms with van der Waals surface area (Å²) in [5, 5.41) is 18.8. The van der Waals surface area contributed by atoms with Gasteiger partial charge in [0, 0.05) is 11.5 Å². The number of benzene rings is 1. The molecule has 2 aromatic rings. The third-order valence-corrected chi connectivity index (χ3v) is 1.60. The van der Waals surface area contributed by atoms with E-state index < -0.39 is 0 Å². The summed E-state index contributed by atoms with van der Waals surface area (Å²) in [6.45, 7) is 0. The van der Waals surface area contributed by atoms with Crippen molar-refractivity contribution in [2.24, 2.45) is 0 Å². The first-order valence-electron chi connectivity index (χ1n) is 3.47. The molecule has 1 aromatic carbocycles. The van der Waals surface area contributed by atoms with E-state index in [0.717, 1.165) is 0 Å². The van der Waals surface area contributed by atoms with Crippen LogP contribution in [0.5, 0.6) is 11.6 Å². The molecule has 2 N–H and O–H groups in total. The Balaban J connectivity index is 2.84. The van der Waals surface area contributed by atoms with Gasteiger partial charge in [-0.25, -0.2) is 4.98 Å². The molecule has 0 atom stereocenters. The van der Waals surface area contributed by atoms with Gasteiger partial charge >= 0.3 is 0 Å². The standard InChI is InChI=1S/C9H6NO2/c11-8-5-6-3-1-2-4-7(6)10-9(8)12/h1-4,11H,(H,10,12). The Kier molecular flexibility index (Phi) is 1.37. The highest BCUT2D eigenvalue weighted by Crippen LogP contribution is 2.25. The zero-order valence-electron chi connectivity index (χ0n) is 6.15. The topological polar surface area (TPSA) is 53.4 Å². The number of rotatable bonds is 0. The monoisotopic (exact) mass is 160 g/mol. The fraction of sp³-hybridized carbons (Fsp3) is 0. The van der Waals surface area contributed by atoms with Crippen molar-refractivity contribution in [1.29, 1.82) is 0 Å². The van der Waals surface area contributed by atoms with Crippen molar-refractivity contribution in [2.75, 3.05) is 0 Å². The number of fused-ring (bicyclic) bond motifs is 1. The van der Waals surface area contributed by atoms with Crippen LogP contribution in [0.2, 0.25) is 0 Å². The van der Waals surface area contributed by atoms with Crippen LogP contribution in [-0.2, 0) is 0 Å². The van der Waals surface area contributed by atoms with Crippen LogP contribution in [0.1, 0.15) is 0 Å². The number of aromatic nitrogens is 1. The first-order valence-corrected chi connectivity index (χ1v) is 3.47. The summed E-state index contributed by atoms with van der Waals surface area (Å²) >= 11 is 0. The molecule has 1 aromatic heterocycles. The number of nitrogens with zero attached hydrogens (tertiary/aromatic N) is 1. The van der Waals surface area contributed by atoms with Gasteiger partial charge in [0.05, 0.1) is 5.52 Å². The molecule has 0 spiro atoms. The summed E-state index contributed by atoms with van der Waals surface area (Å²) in [5.74, 6) is -0.692. The maximum absolute atomic E-state index is 9.05. The lowest BCUT2D eigenvalue weighted by molar-refractivity contribution is 0.390. The number of pyridine rings is 1. The number of hydrogen-bond acceptors (Lipinski definition) is 3. The molecule has 0 saturated carbocycles. The maximum Gasteiger partial charge on any atom is 0.255 e. The Morgan fingerprint density at radius 3 is 2.75 bits per heavy atom. The molecule has 0 aliphatic heterocycles. The van der Waals surface area contributed by atoms with Crippen LogP contribution in [0.25, 0.3) is 10.9 Å². The van der Waals surface area contributed by atoms with E-state index in [1.54, 1.807) is 18.2 Å². The second-order valence-corrected chi connectivity index (χ2v) is 2.43. The van der Waals surface area contributed by atoms with E-state index in [1.807, 2.05) is 6.07 Å². The maximum atomic E-state index is 9.05. The van der Waals surface area contributed by atoms with Crippen LogP contribution in [0.4, 0.5) is 0 Å². The molecule has 3 nitrogen and oxygen atoms in total. The van der Waals surface area contributed by atoms with E-state index in [-0.39, 0.29) is 11.6 Å². The van der Waals surface area contributed by atoms with Crippen LogP contribution in [0.15, 0.2) is 24.3 Å². The average molecular weight is 160 g/mol. The minimum atomic E-state index is -0.381. The first-order chi connectivity index (χ1) is 5.77. The van der Waals surface area contributed by atoms with Crippen LogP contribution in [0.3, 0.4) is 0 Å². The Bertz CT molecular complexity index is 385. The van der Waals surface area contributed by atoms with Crippen molar-refractivity contribution in [3.63, 3.8) is 0 Å². The summed E-state index contributed by atoms with van der Waals surface area (Å²) in [7, 11) is 0. The molecule has 3 heteroatoms. The van der Waals surface area contributed by atoms with Crippen molar-refractivity contribution >= 4 is 10.9 Å². The predicted molar refractivity (Wildman–Crippen MR) is 43.9 cm³/mol. The molecule has 0 unspecified atom stereocenters. The zero-order valence-corrected chi connectivity index (χ0v) is 6.15. The molecule has 0 bridgehead atoms. The van der Waals surface area contributed by atoms with Gasteiger partial charge in [0.2, 0.25) is 0 Å². The smallest absolute Gasteiger partial charge is 0.255 e. The minimum Gasteiger partial charge on any atom is -0.503 e. The van der Waals surface area contributed by atoms with Gasteiger partial charge in [0.15, 0.2) is 5.75 Å². The Hall–Kier alpha value is -1.77. The molecule has 2 rings (SSSR count). The van der Waals surface area contributed by atoms with Gasteiger partial charge in [-0.2, -0.15) is 0 Å². The van der Waals surface area contributed by atoms with Crippen LogP contribution >= 0.6 is 0 Å². The lowest BCUT2D eigenvalue weighted by Crippen LogP contribution is -1.79. The van der Waals surface area contributed by atoms with Crippen LogP contribution in [-0.4, -0.2) is 15.2 Å². The number of aromatic hydroxyl groups is 2. The van der Waals surface area contributed by atoms with Crippen molar-refractivity contribution in [3.8, 4) is 11.6 Å². The van der Waals surface area contributed by atoms with E-state index >= 15 is 0 Å². The minimum absolute atomic E-state index is 0.311. The molecule has 0 aliphatic carbocycles. The molecular formula is C9H6NO2. The van der Waals surface area contributed by atoms with Crippen LogP contribution < -0.4 is 0 Å². The highest BCUT2D eigenvalue weighted by molar-refractivity contribution is 5.79. The van der Waals surface area contributed by atoms with Crippen molar-refractivity contribution in [2.45, 2.75) is 0 Å². The molecule has 1 radical (unpaired) electrons. The summed E-state index contributed by atoms with van der Waals surface area (Å²) < 4.78 is 0. The summed E-state index contributed by atoms with van der Waals surface area (Å²) in [5.41, 5.74) is 0.618. The Morgan fingerprint density at radius 1 is 1.17 bits per heavy atom. The third kappa shape index (κ3) is 0.955. The quantitative estimate of drug-likeness (QED) is 0.613. The SMILES string of the molecule is Oc1[c]c2ccccc2nc1O. The average Bonchev–Trinajstić information content (AvgIpc) is 2.07. The van der Waals surface area contributed by atoms with E-state index in [1.165, 1.54) is 0 Å². The van der Waals surface area contributed by atoms with Gasteiger partial charge in [-0.15, -0.1) is 0 Å². The van der Waals surface area contributed by atoms with Gasteiger partial charge in [-0.05, 0) is 6.07 Å². The van der Waals surface area contributed by atoms with E-state index in [2.05, 4.69) is 11.1 Å². The lowest BCUT2D eigenvalue weighted by atomic mass is 10.2. The fourth-order valence-corrected chi connectivity index (χ4v) is 1.03. The predicted octanol–water partition coefficient (Wildman–Crippen LogP) is 1.45. The Labute approximate surface area is 68.9 Å². The van der Waals surface area contributed by atoms with Crippen molar-refractivity contribution in [1.82, 2.24) is 4.98 Å². The Morgan fingerprint density at radius 2 is 1.92 bits per heavy atom. The lowest BCUT2D eigenvalue weighted by Gasteiger charge is -1.98. The van der Waals surface area contributed by atoms with E-state index in [9.17, 15) is 0 Å². The second-order valence-electron chi connectivity index (χ2n) is 2.43. The molecule has 12 heavy (non-hydrogen) atoms. The molecule has 0 fully saturated rings. The molecule has 59 valence electrons. The van der Waals surface area contributed by atoms with Gasteiger partial charge in [-0.3, -0.25) is 0 Å². The van der Waals surface area contributed by atoms with Crippen molar-refractivity contribution < 1.29 is 10.2 Å².